The molecule has 3 N–H and O–H groups in total. The predicted molar refractivity (Wildman–Crippen MR) is 123 cm³/mol. The van der Waals surface area contributed by atoms with Gasteiger partial charge in [0.05, 0.1) is 11.4 Å². The maximum Gasteiger partial charge on any atom is 0.274 e. The summed E-state index contributed by atoms with van der Waals surface area (Å²) >= 11 is 0. The van der Waals surface area contributed by atoms with Crippen molar-refractivity contribution < 1.29 is 18.8 Å². The van der Waals surface area contributed by atoms with E-state index in [0.717, 1.165) is 24.5 Å². The molecule has 7 nitrogen and oxygen atoms in total. The van der Waals surface area contributed by atoms with Gasteiger partial charge in [-0.15, -0.1) is 0 Å². The summed E-state index contributed by atoms with van der Waals surface area (Å²) in [6.07, 6.45) is 6.38. The number of halogens is 1. The highest BCUT2D eigenvalue weighted by molar-refractivity contribution is 6.08. The van der Waals surface area contributed by atoms with E-state index in [-0.39, 0.29) is 29.0 Å². The Bertz CT molecular complexity index is 1210. The number of aromatic nitrogens is 1. The van der Waals surface area contributed by atoms with Crippen molar-refractivity contribution in [3.05, 3.63) is 95.6 Å². The molecule has 33 heavy (non-hydrogen) atoms. The van der Waals surface area contributed by atoms with Gasteiger partial charge in [-0.1, -0.05) is 18.2 Å². The zero-order valence-corrected chi connectivity index (χ0v) is 17.5. The van der Waals surface area contributed by atoms with Gasteiger partial charge in [-0.05, 0) is 66.9 Å². The normalized spacial score (nSPS) is 12.9. The van der Waals surface area contributed by atoms with E-state index < -0.39 is 17.6 Å². The third-order valence-electron chi connectivity index (χ3n) is 4.90. The number of amides is 3. The van der Waals surface area contributed by atoms with E-state index in [9.17, 15) is 18.8 Å². The van der Waals surface area contributed by atoms with Crippen LogP contribution >= 0.6 is 0 Å². The largest absolute Gasteiger partial charge is 0.349 e. The van der Waals surface area contributed by atoms with Gasteiger partial charge in [0.1, 0.15) is 11.5 Å². The van der Waals surface area contributed by atoms with Crippen molar-refractivity contribution in [2.75, 3.05) is 10.6 Å². The van der Waals surface area contributed by atoms with Crippen LogP contribution in [0.15, 0.2) is 72.9 Å². The second-order valence-corrected chi connectivity index (χ2v) is 7.55. The molecule has 0 spiro atoms. The number of hydrogen-bond donors (Lipinski definition) is 3. The van der Waals surface area contributed by atoms with Crippen LogP contribution in [0.2, 0.25) is 0 Å². The van der Waals surface area contributed by atoms with Gasteiger partial charge in [-0.2, -0.15) is 0 Å². The number of nitrogens with one attached hydrogen (secondary N) is 3. The lowest BCUT2D eigenvalue weighted by Gasteiger charge is -2.11. The summed E-state index contributed by atoms with van der Waals surface area (Å²) in [7, 11) is 0. The van der Waals surface area contributed by atoms with Gasteiger partial charge in [-0.25, -0.2) is 4.39 Å². The maximum absolute atomic E-state index is 13.8. The van der Waals surface area contributed by atoms with Crippen molar-refractivity contribution in [1.29, 1.82) is 0 Å². The molecule has 1 saturated carbocycles. The van der Waals surface area contributed by atoms with Crippen LogP contribution in [0, 0.1) is 5.82 Å². The van der Waals surface area contributed by atoms with Crippen LogP contribution in [-0.2, 0) is 4.79 Å². The molecule has 1 aromatic heterocycles. The van der Waals surface area contributed by atoms with Crippen molar-refractivity contribution in [2.45, 2.75) is 18.9 Å². The molecule has 3 aromatic rings. The van der Waals surface area contributed by atoms with Crippen LogP contribution in [0.3, 0.4) is 0 Å². The van der Waals surface area contributed by atoms with Crippen molar-refractivity contribution in [2.24, 2.45) is 0 Å². The molecule has 0 bridgehead atoms. The lowest BCUT2D eigenvalue weighted by Crippen LogP contribution is -2.25. The number of benzene rings is 2. The first kappa shape index (κ1) is 21.9. The Morgan fingerprint density at radius 3 is 2.39 bits per heavy atom. The zero-order valence-electron chi connectivity index (χ0n) is 17.5. The van der Waals surface area contributed by atoms with Crippen molar-refractivity contribution >= 4 is 35.2 Å². The van der Waals surface area contributed by atoms with Crippen molar-refractivity contribution in [1.82, 2.24) is 10.3 Å². The molecule has 0 radical (unpaired) electrons. The van der Waals surface area contributed by atoms with Crippen LogP contribution in [-0.4, -0.2) is 28.7 Å². The number of carbonyl (C=O) groups is 3. The summed E-state index contributed by atoms with van der Waals surface area (Å²) in [5.74, 6) is -1.68. The number of anilines is 2. The fourth-order valence-electron chi connectivity index (χ4n) is 3.00. The maximum atomic E-state index is 13.8. The van der Waals surface area contributed by atoms with Gasteiger partial charge in [-0.3, -0.25) is 19.4 Å². The van der Waals surface area contributed by atoms with Crippen LogP contribution in [0.1, 0.15) is 39.3 Å². The molecule has 0 unspecified atom stereocenters. The summed E-state index contributed by atoms with van der Waals surface area (Å²) in [4.78, 5) is 40.8. The molecule has 0 aliphatic heterocycles. The number of carbonyl (C=O) groups excluding carboxylic acids is 3. The van der Waals surface area contributed by atoms with Crippen molar-refractivity contribution in [3.8, 4) is 0 Å². The van der Waals surface area contributed by atoms with E-state index in [1.54, 1.807) is 48.5 Å². The minimum absolute atomic E-state index is 0.112. The Labute approximate surface area is 189 Å². The lowest BCUT2D eigenvalue weighted by molar-refractivity contribution is -0.111. The molecule has 2 aromatic carbocycles. The highest BCUT2D eigenvalue weighted by Crippen LogP contribution is 2.24. The van der Waals surface area contributed by atoms with E-state index in [1.807, 2.05) is 0 Å². The van der Waals surface area contributed by atoms with Crippen LogP contribution in [0.25, 0.3) is 6.08 Å². The molecule has 1 fully saturated rings. The van der Waals surface area contributed by atoms with E-state index >= 15 is 0 Å². The van der Waals surface area contributed by atoms with Gasteiger partial charge in [0.15, 0.2) is 0 Å². The Hall–Kier alpha value is -4.33. The van der Waals surface area contributed by atoms with Gasteiger partial charge in [0.2, 0.25) is 5.91 Å². The topological polar surface area (TPSA) is 100 Å². The van der Waals surface area contributed by atoms with Crippen molar-refractivity contribution in [3.63, 3.8) is 0 Å². The number of rotatable bonds is 7. The first-order chi connectivity index (χ1) is 16.0. The molecule has 4 rings (SSSR count). The zero-order chi connectivity index (χ0) is 23.2. The number of pyridine rings is 1. The number of hydrogen-bond acceptors (Lipinski definition) is 4. The summed E-state index contributed by atoms with van der Waals surface area (Å²) in [6, 6.07) is 15.7. The molecule has 1 aliphatic carbocycles. The molecule has 3 amide bonds. The predicted octanol–water partition coefficient (Wildman–Crippen LogP) is 4.02. The standard InChI is InChI=1S/C25H21FN4O3/c26-18-9-12-20(30-25(33)21-3-1-2-14-27-21)22(15-18)29-23(31)13-6-16-4-7-17(8-5-16)24(32)28-19-10-11-19/h1-9,12-15,19H,10-11H2,(H,28,32)(H,29,31)(H,30,33)/b13-6+. The lowest BCUT2D eigenvalue weighted by atomic mass is 10.1. The molecule has 8 heteroatoms. The van der Waals surface area contributed by atoms with E-state index in [4.69, 9.17) is 0 Å². The van der Waals surface area contributed by atoms with Gasteiger partial charge in [0, 0.05) is 23.9 Å². The Morgan fingerprint density at radius 2 is 1.70 bits per heavy atom. The van der Waals surface area contributed by atoms with E-state index in [2.05, 4.69) is 20.9 Å². The Balaban J connectivity index is 1.40. The van der Waals surface area contributed by atoms with E-state index in [1.165, 1.54) is 24.4 Å². The Morgan fingerprint density at radius 1 is 0.909 bits per heavy atom. The average Bonchev–Trinajstić information content (AvgIpc) is 3.64. The van der Waals surface area contributed by atoms with E-state index in [0.29, 0.717) is 5.56 Å². The summed E-state index contributed by atoms with van der Waals surface area (Å²) in [5, 5.41) is 8.11. The highest BCUT2D eigenvalue weighted by atomic mass is 19.1. The molecular formula is C25H21FN4O3. The monoisotopic (exact) mass is 444 g/mol. The quantitative estimate of drug-likeness (QED) is 0.479. The summed E-state index contributed by atoms with van der Waals surface area (Å²) in [6.45, 7) is 0. The van der Waals surface area contributed by atoms with Gasteiger partial charge < -0.3 is 16.0 Å². The minimum atomic E-state index is -0.565. The van der Waals surface area contributed by atoms with Crippen LogP contribution < -0.4 is 16.0 Å². The Kier molecular flexibility index (Phi) is 6.54. The average molecular weight is 444 g/mol. The summed E-state index contributed by atoms with van der Waals surface area (Å²) < 4.78 is 13.8. The van der Waals surface area contributed by atoms with Crippen LogP contribution in [0.4, 0.5) is 15.8 Å². The molecular weight excluding hydrogens is 423 g/mol. The minimum Gasteiger partial charge on any atom is -0.349 e. The summed E-state index contributed by atoms with van der Waals surface area (Å²) in [5.41, 5.74) is 1.81. The third kappa shape index (κ3) is 6.10. The second-order valence-electron chi connectivity index (χ2n) is 7.55. The first-order valence-corrected chi connectivity index (χ1v) is 10.4. The fourth-order valence-corrected chi connectivity index (χ4v) is 3.00. The van der Waals surface area contributed by atoms with Gasteiger partial charge in [0.25, 0.3) is 11.8 Å². The second kappa shape index (κ2) is 9.86. The number of nitrogens with zero attached hydrogens (tertiary/aromatic N) is 1. The molecule has 1 aliphatic rings. The fraction of sp³-hybridized carbons (Fsp3) is 0.120. The molecule has 166 valence electrons. The first-order valence-electron chi connectivity index (χ1n) is 10.4. The van der Waals surface area contributed by atoms with Crippen LogP contribution in [0.5, 0.6) is 0 Å². The molecule has 0 saturated heterocycles. The highest BCUT2D eigenvalue weighted by Gasteiger charge is 2.23. The smallest absolute Gasteiger partial charge is 0.274 e. The van der Waals surface area contributed by atoms with Gasteiger partial charge >= 0.3 is 0 Å². The SMILES string of the molecule is O=C(/C=C/c1ccc(C(=O)NC2CC2)cc1)Nc1cc(F)ccc1NC(=O)c1ccccn1. The third-order valence-corrected chi connectivity index (χ3v) is 4.90. The molecule has 1 heterocycles. The molecule has 0 atom stereocenters.